The minimum atomic E-state index is -4.81. The number of aromatic carboxylic acids is 1. The van der Waals surface area contributed by atoms with E-state index in [0.717, 1.165) is 0 Å². The topological polar surface area (TPSA) is 59.4 Å². The largest absolute Gasteiger partial charge is 0.496 e. The van der Waals surface area contributed by atoms with Gasteiger partial charge in [0.05, 0.1) is 11.6 Å². The van der Waals surface area contributed by atoms with Crippen molar-refractivity contribution in [3.05, 3.63) is 33.2 Å². The fourth-order valence-electron chi connectivity index (χ4n) is 1.58. The van der Waals surface area contributed by atoms with E-state index in [1.807, 2.05) is 0 Å². The van der Waals surface area contributed by atoms with E-state index in [0.29, 0.717) is 27.1 Å². The Hall–Kier alpha value is -1.61. The van der Waals surface area contributed by atoms with E-state index >= 15 is 0 Å². The number of carboxylic acids is 1. The van der Waals surface area contributed by atoms with Gasteiger partial charge in [0.1, 0.15) is 15.6 Å². The Kier molecular flexibility index (Phi) is 4.24. The first kappa shape index (κ1) is 15.8. The predicted octanol–water partition coefficient (Wildman–Crippen LogP) is 4.30. The molecule has 0 aliphatic carbocycles. The molecule has 0 atom stereocenters. The van der Waals surface area contributed by atoms with Crippen LogP contribution in [0.15, 0.2) is 22.7 Å². The van der Waals surface area contributed by atoms with E-state index < -0.39 is 22.7 Å². The quantitative estimate of drug-likeness (QED) is 0.860. The van der Waals surface area contributed by atoms with Crippen molar-refractivity contribution < 1.29 is 27.8 Å². The van der Waals surface area contributed by atoms with Crippen molar-refractivity contribution in [3.8, 4) is 16.3 Å². The number of rotatable bonds is 3. The van der Waals surface area contributed by atoms with E-state index in [2.05, 4.69) is 20.9 Å². The molecule has 1 aromatic carbocycles. The molecule has 0 fully saturated rings. The maximum Gasteiger partial charge on any atom is 0.435 e. The van der Waals surface area contributed by atoms with Crippen LogP contribution in [0.25, 0.3) is 10.6 Å². The molecule has 2 aromatic rings. The van der Waals surface area contributed by atoms with Gasteiger partial charge in [0.15, 0.2) is 5.69 Å². The van der Waals surface area contributed by atoms with Gasteiger partial charge in [0.2, 0.25) is 0 Å². The molecule has 0 spiro atoms. The van der Waals surface area contributed by atoms with Gasteiger partial charge in [0, 0.05) is 5.56 Å². The van der Waals surface area contributed by atoms with Crippen molar-refractivity contribution in [3.63, 3.8) is 0 Å². The first-order valence-electron chi connectivity index (χ1n) is 5.39. The first-order chi connectivity index (χ1) is 9.74. The Bertz CT molecular complexity index is 700. The summed E-state index contributed by atoms with van der Waals surface area (Å²) in [5, 5.41) is 8.84. The highest BCUT2D eigenvalue weighted by molar-refractivity contribution is 9.10. The SMILES string of the molecule is COc1ccc(-c2nc(C(F)(F)F)c(C(=O)O)s2)cc1Br. The molecule has 0 aliphatic rings. The second-order valence-corrected chi connectivity index (χ2v) is 5.70. The van der Waals surface area contributed by atoms with Gasteiger partial charge in [0.25, 0.3) is 0 Å². The molecule has 21 heavy (non-hydrogen) atoms. The van der Waals surface area contributed by atoms with E-state index in [9.17, 15) is 18.0 Å². The average Bonchev–Trinajstić information content (AvgIpc) is 2.83. The second-order valence-electron chi connectivity index (χ2n) is 3.85. The van der Waals surface area contributed by atoms with E-state index in [4.69, 9.17) is 9.84 Å². The number of carbonyl (C=O) groups is 1. The smallest absolute Gasteiger partial charge is 0.435 e. The summed E-state index contributed by atoms with van der Waals surface area (Å²) in [7, 11) is 1.45. The number of hydrogen-bond donors (Lipinski definition) is 1. The van der Waals surface area contributed by atoms with Crippen LogP contribution in [0.4, 0.5) is 13.2 Å². The molecule has 4 nitrogen and oxygen atoms in total. The molecule has 0 aliphatic heterocycles. The average molecular weight is 382 g/mol. The van der Waals surface area contributed by atoms with Crippen LogP contribution in [0, 0.1) is 0 Å². The highest BCUT2D eigenvalue weighted by Crippen LogP contribution is 2.39. The monoisotopic (exact) mass is 381 g/mol. The van der Waals surface area contributed by atoms with Crippen LogP contribution < -0.4 is 4.74 Å². The van der Waals surface area contributed by atoms with E-state index in [1.54, 1.807) is 6.07 Å². The number of ether oxygens (including phenoxy) is 1. The van der Waals surface area contributed by atoms with Crippen LogP contribution >= 0.6 is 27.3 Å². The minimum absolute atomic E-state index is 0.0249. The van der Waals surface area contributed by atoms with Crippen molar-refractivity contribution in [1.82, 2.24) is 4.98 Å². The molecule has 0 bridgehead atoms. The van der Waals surface area contributed by atoms with Crippen molar-refractivity contribution in [2.45, 2.75) is 6.18 Å². The van der Waals surface area contributed by atoms with Gasteiger partial charge in [-0.25, -0.2) is 9.78 Å². The normalized spacial score (nSPS) is 11.5. The fraction of sp³-hybridized carbons (Fsp3) is 0.167. The number of nitrogens with zero attached hydrogens (tertiary/aromatic N) is 1. The van der Waals surface area contributed by atoms with Crippen LogP contribution in [-0.2, 0) is 6.18 Å². The summed E-state index contributed by atoms with van der Waals surface area (Å²) in [5.41, 5.74) is -1.02. The molecule has 0 amide bonds. The molecule has 1 N–H and O–H groups in total. The van der Waals surface area contributed by atoms with Crippen LogP contribution in [0.2, 0.25) is 0 Å². The molecular weight excluding hydrogens is 375 g/mol. The van der Waals surface area contributed by atoms with Gasteiger partial charge in [-0.15, -0.1) is 11.3 Å². The number of halogens is 4. The molecule has 0 unspecified atom stereocenters. The van der Waals surface area contributed by atoms with Crippen molar-refractivity contribution >= 4 is 33.2 Å². The second kappa shape index (κ2) is 5.64. The van der Waals surface area contributed by atoms with Gasteiger partial charge in [-0.3, -0.25) is 0 Å². The summed E-state index contributed by atoms with van der Waals surface area (Å²) < 4.78 is 43.9. The van der Waals surface area contributed by atoms with Gasteiger partial charge in [-0.2, -0.15) is 13.2 Å². The lowest BCUT2D eigenvalue weighted by Gasteiger charge is -2.04. The highest BCUT2D eigenvalue weighted by atomic mass is 79.9. The molecule has 112 valence electrons. The fourth-order valence-corrected chi connectivity index (χ4v) is 3.04. The third kappa shape index (κ3) is 3.18. The Morgan fingerprint density at radius 2 is 2.10 bits per heavy atom. The summed E-state index contributed by atoms with van der Waals surface area (Å²) in [6.45, 7) is 0. The standard InChI is InChI=1S/C12H7BrF3NO3S/c1-20-7-3-2-5(4-6(7)13)10-17-9(12(14,15)16)8(21-10)11(18)19/h2-4H,1H3,(H,18,19). The molecular formula is C12H7BrF3NO3S. The lowest BCUT2D eigenvalue weighted by molar-refractivity contribution is -0.141. The lowest BCUT2D eigenvalue weighted by Crippen LogP contribution is -2.11. The summed E-state index contributed by atoms with van der Waals surface area (Å²) in [4.78, 5) is 13.5. The van der Waals surface area contributed by atoms with Gasteiger partial charge in [-0.05, 0) is 34.1 Å². The summed E-state index contributed by atoms with van der Waals surface area (Å²) in [6.07, 6.45) is -4.81. The van der Waals surface area contributed by atoms with Crippen LogP contribution in [-0.4, -0.2) is 23.2 Å². The van der Waals surface area contributed by atoms with Gasteiger partial charge < -0.3 is 9.84 Å². The third-order valence-electron chi connectivity index (χ3n) is 2.49. The Balaban J connectivity index is 2.55. The summed E-state index contributed by atoms with van der Waals surface area (Å²) in [6, 6.07) is 4.58. The number of carboxylic acid groups (broad SMARTS) is 1. The molecule has 1 heterocycles. The van der Waals surface area contributed by atoms with Gasteiger partial charge >= 0.3 is 12.1 Å². The summed E-state index contributed by atoms with van der Waals surface area (Å²) >= 11 is 3.69. The maximum absolute atomic E-state index is 12.8. The minimum Gasteiger partial charge on any atom is -0.496 e. The number of aromatic nitrogens is 1. The molecule has 9 heteroatoms. The van der Waals surface area contributed by atoms with Crippen LogP contribution in [0.3, 0.4) is 0 Å². The molecule has 0 saturated carbocycles. The zero-order valence-corrected chi connectivity index (χ0v) is 12.8. The van der Waals surface area contributed by atoms with Crippen molar-refractivity contribution in [2.24, 2.45) is 0 Å². The predicted molar refractivity (Wildman–Crippen MR) is 73.8 cm³/mol. The van der Waals surface area contributed by atoms with Crippen LogP contribution in [0.1, 0.15) is 15.4 Å². The summed E-state index contributed by atoms with van der Waals surface area (Å²) in [5.74, 6) is -1.15. The van der Waals surface area contributed by atoms with E-state index in [-0.39, 0.29) is 5.01 Å². The lowest BCUT2D eigenvalue weighted by atomic mass is 10.2. The zero-order chi connectivity index (χ0) is 15.8. The number of benzene rings is 1. The highest BCUT2D eigenvalue weighted by Gasteiger charge is 2.39. The third-order valence-corrected chi connectivity index (χ3v) is 4.20. The Labute approximate surface area is 129 Å². The van der Waals surface area contributed by atoms with E-state index in [1.165, 1.54) is 19.2 Å². The Morgan fingerprint density at radius 3 is 2.52 bits per heavy atom. The molecule has 0 saturated heterocycles. The number of thiazole rings is 1. The van der Waals surface area contributed by atoms with Gasteiger partial charge in [-0.1, -0.05) is 0 Å². The zero-order valence-electron chi connectivity index (χ0n) is 10.4. The molecule has 0 radical (unpaired) electrons. The molecule has 2 rings (SSSR count). The number of methoxy groups -OCH3 is 1. The maximum atomic E-state index is 12.8. The first-order valence-corrected chi connectivity index (χ1v) is 7.00. The number of alkyl halides is 3. The molecule has 1 aromatic heterocycles. The van der Waals surface area contributed by atoms with Crippen molar-refractivity contribution in [2.75, 3.05) is 7.11 Å². The Morgan fingerprint density at radius 1 is 1.43 bits per heavy atom. The van der Waals surface area contributed by atoms with Crippen molar-refractivity contribution in [1.29, 1.82) is 0 Å². The van der Waals surface area contributed by atoms with Crippen LogP contribution in [0.5, 0.6) is 5.75 Å². The number of hydrogen-bond acceptors (Lipinski definition) is 4.